The number of halogens is 1. The third-order valence-corrected chi connectivity index (χ3v) is 4.32. The molecule has 8 nitrogen and oxygen atoms in total. The van der Waals surface area contributed by atoms with Gasteiger partial charge in [-0.05, 0) is 52.0 Å². The fourth-order valence-corrected chi connectivity index (χ4v) is 2.87. The molecular formula is C21H27ClN4O4. The number of ether oxygens (including phenoxy) is 1. The van der Waals surface area contributed by atoms with Crippen LogP contribution in [0.2, 0.25) is 5.02 Å². The molecule has 0 bridgehead atoms. The van der Waals surface area contributed by atoms with E-state index in [1.807, 2.05) is 6.07 Å². The van der Waals surface area contributed by atoms with Crippen LogP contribution in [0.1, 0.15) is 45.1 Å². The van der Waals surface area contributed by atoms with Crippen LogP contribution in [-0.2, 0) is 14.3 Å². The standard InChI is InChI=1S/C21H27ClN4O4/c1-14(20(29)30-21(3,4)5)25(12-10-23-15(2)27)19(28)18-9-11-26(24-18)17-8-6-7-16(22)13-17/h6-9,11,13-14H,10,12H2,1-5H3,(H,23,27). The molecule has 1 unspecified atom stereocenters. The number of amides is 2. The molecule has 2 rings (SSSR count). The van der Waals surface area contributed by atoms with E-state index in [0.717, 1.165) is 0 Å². The zero-order chi connectivity index (χ0) is 22.5. The minimum absolute atomic E-state index is 0.128. The van der Waals surface area contributed by atoms with E-state index < -0.39 is 23.5 Å². The molecule has 0 spiro atoms. The molecule has 0 saturated heterocycles. The first kappa shape index (κ1) is 23.4. The zero-order valence-electron chi connectivity index (χ0n) is 17.8. The van der Waals surface area contributed by atoms with E-state index >= 15 is 0 Å². The Kier molecular flexibility index (Phi) is 7.61. The molecule has 30 heavy (non-hydrogen) atoms. The van der Waals surface area contributed by atoms with Crippen LogP contribution in [0.5, 0.6) is 0 Å². The molecule has 1 aromatic heterocycles. The number of nitrogens with zero attached hydrogens (tertiary/aromatic N) is 3. The van der Waals surface area contributed by atoms with Gasteiger partial charge in [0, 0.05) is 31.2 Å². The Morgan fingerprint density at radius 2 is 1.97 bits per heavy atom. The van der Waals surface area contributed by atoms with E-state index in [0.29, 0.717) is 10.7 Å². The third-order valence-electron chi connectivity index (χ3n) is 4.08. The van der Waals surface area contributed by atoms with Gasteiger partial charge in [0.05, 0.1) is 5.69 Å². The van der Waals surface area contributed by atoms with Crippen molar-refractivity contribution in [2.24, 2.45) is 0 Å². The number of rotatable bonds is 7. The average molecular weight is 435 g/mol. The van der Waals surface area contributed by atoms with Gasteiger partial charge in [0.1, 0.15) is 11.6 Å². The lowest BCUT2D eigenvalue weighted by molar-refractivity contribution is -0.159. The van der Waals surface area contributed by atoms with E-state index in [9.17, 15) is 14.4 Å². The summed E-state index contributed by atoms with van der Waals surface area (Å²) in [6.07, 6.45) is 1.64. The summed E-state index contributed by atoms with van der Waals surface area (Å²) in [5, 5.41) is 7.51. The van der Waals surface area contributed by atoms with Gasteiger partial charge in [0.25, 0.3) is 5.91 Å². The van der Waals surface area contributed by atoms with Crippen LogP contribution in [0.4, 0.5) is 0 Å². The Morgan fingerprint density at radius 1 is 1.27 bits per heavy atom. The van der Waals surface area contributed by atoms with Gasteiger partial charge in [-0.1, -0.05) is 17.7 Å². The first-order valence-electron chi connectivity index (χ1n) is 9.58. The summed E-state index contributed by atoms with van der Waals surface area (Å²) >= 11 is 6.02. The quantitative estimate of drug-likeness (QED) is 0.676. The first-order valence-corrected chi connectivity index (χ1v) is 9.95. The SMILES string of the molecule is CC(=O)NCCN(C(=O)c1ccn(-c2cccc(Cl)c2)n1)C(C)C(=O)OC(C)(C)C. The maximum absolute atomic E-state index is 13.1. The largest absolute Gasteiger partial charge is 0.458 e. The number of hydrogen-bond donors (Lipinski definition) is 1. The van der Waals surface area contributed by atoms with Crippen molar-refractivity contribution >= 4 is 29.4 Å². The van der Waals surface area contributed by atoms with Gasteiger partial charge in [0.2, 0.25) is 5.91 Å². The highest BCUT2D eigenvalue weighted by atomic mass is 35.5. The van der Waals surface area contributed by atoms with E-state index in [-0.39, 0.29) is 24.7 Å². The van der Waals surface area contributed by atoms with Crippen LogP contribution in [0.3, 0.4) is 0 Å². The van der Waals surface area contributed by atoms with Crippen LogP contribution >= 0.6 is 11.6 Å². The summed E-state index contributed by atoms with van der Waals surface area (Å²) < 4.78 is 6.95. The van der Waals surface area contributed by atoms with E-state index in [1.54, 1.807) is 58.2 Å². The van der Waals surface area contributed by atoms with Gasteiger partial charge < -0.3 is 15.0 Å². The van der Waals surface area contributed by atoms with Crippen LogP contribution in [0, 0.1) is 0 Å². The first-order chi connectivity index (χ1) is 14.0. The van der Waals surface area contributed by atoms with Gasteiger partial charge in [-0.15, -0.1) is 0 Å². The van der Waals surface area contributed by atoms with Crippen LogP contribution < -0.4 is 5.32 Å². The number of carbonyl (C=O) groups is 3. The maximum atomic E-state index is 13.1. The molecule has 2 amide bonds. The number of benzene rings is 1. The summed E-state index contributed by atoms with van der Waals surface area (Å²) in [6.45, 7) is 8.57. The summed E-state index contributed by atoms with van der Waals surface area (Å²) in [6, 6.07) is 7.77. The van der Waals surface area contributed by atoms with Gasteiger partial charge in [-0.3, -0.25) is 9.59 Å². The lowest BCUT2D eigenvalue weighted by Gasteiger charge is -2.30. The van der Waals surface area contributed by atoms with Crippen molar-refractivity contribution in [1.29, 1.82) is 0 Å². The van der Waals surface area contributed by atoms with E-state index in [2.05, 4.69) is 10.4 Å². The fraction of sp³-hybridized carbons (Fsp3) is 0.429. The highest BCUT2D eigenvalue weighted by Crippen LogP contribution is 2.16. The zero-order valence-corrected chi connectivity index (χ0v) is 18.6. The monoisotopic (exact) mass is 434 g/mol. The maximum Gasteiger partial charge on any atom is 0.329 e. The Balaban J connectivity index is 2.25. The van der Waals surface area contributed by atoms with Crippen LogP contribution in [0.25, 0.3) is 5.69 Å². The third kappa shape index (κ3) is 6.59. The van der Waals surface area contributed by atoms with Crippen LogP contribution in [-0.4, -0.2) is 57.2 Å². The fourth-order valence-electron chi connectivity index (χ4n) is 2.69. The molecule has 0 aliphatic rings. The van der Waals surface area contributed by atoms with Crippen molar-refractivity contribution in [2.75, 3.05) is 13.1 Å². The average Bonchev–Trinajstić information content (AvgIpc) is 3.13. The Hall–Kier alpha value is -2.87. The summed E-state index contributed by atoms with van der Waals surface area (Å²) in [4.78, 5) is 38.3. The number of nitrogens with one attached hydrogen (secondary N) is 1. The smallest absolute Gasteiger partial charge is 0.329 e. The number of esters is 1. The highest BCUT2D eigenvalue weighted by Gasteiger charge is 2.31. The lowest BCUT2D eigenvalue weighted by atomic mass is 10.2. The second kappa shape index (κ2) is 9.75. The second-order valence-electron chi connectivity index (χ2n) is 7.82. The Bertz CT molecular complexity index is 920. The van der Waals surface area contributed by atoms with Gasteiger partial charge >= 0.3 is 5.97 Å². The second-order valence-corrected chi connectivity index (χ2v) is 8.25. The molecule has 1 N–H and O–H groups in total. The predicted octanol–water partition coefficient (Wildman–Crippen LogP) is 2.83. The van der Waals surface area contributed by atoms with Crippen molar-refractivity contribution in [2.45, 2.75) is 46.3 Å². The molecular weight excluding hydrogens is 408 g/mol. The lowest BCUT2D eigenvalue weighted by Crippen LogP contribution is -2.48. The molecule has 9 heteroatoms. The summed E-state index contributed by atoms with van der Waals surface area (Å²) in [5.41, 5.74) is 0.172. The number of aromatic nitrogens is 2. The van der Waals surface area contributed by atoms with Crippen molar-refractivity contribution in [3.63, 3.8) is 0 Å². The van der Waals surface area contributed by atoms with Crippen molar-refractivity contribution < 1.29 is 19.1 Å². The molecule has 0 fully saturated rings. The molecule has 0 aliphatic heterocycles. The molecule has 1 atom stereocenters. The topological polar surface area (TPSA) is 93.5 Å². The van der Waals surface area contributed by atoms with Gasteiger partial charge in [-0.2, -0.15) is 5.10 Å². The molecule has 0 radical (unpaired) electrons. The summed E-state index contributed by atoms with van der Waals surface area (Å²) in [7, 11) is 0. The molecule has 1 aromatic carbocycles. The molecule has 1 heterocycles. The van der Waals surface area contributed by atoms with E-state index in [1.165, 1.54) is 16.5 Å². The van der Waals surface area contributed by atoms with Crippen molar-refractivity contribution in [3.05, 3.63) is 47.2 Å². The number of hydrogen-bond acceptors (Lipinski definition) is 5. The minimum atomic E-state index is -0.859. The molecule has 0 saturated carbocycles. The summed E-state index contributed by atoms with van der Waals surface area (Å²) in [5.74, 6) is -1.20. The minimum Gasteiger partial charge on any atom is -0.458 e. The highest BCUT2D eigenvalue weighted by molar-refractivity contribution is 6.30. The molecule has 0 aliphatic carbocycles. The normalized spacial score (nSPS) is 12.2. The molecule has 2 aromatic rings. The van der Waals surface area contributed by atoms with Gasteiger partial charge in [-0.25, -0.2) is 9.48 Å². The van der Waals surface area contributed by atoms with Gasteiger partial charge in [0.15, 0.2) is 5.69 Å². The van der Waals surface area contributed by atoms with Crippen molar-refractivity contribution in [3.8, 4) is 5.69 Å². The van der Waals surface area contributed by atoms with Crippen LogP contribution in [0.15, 0.2) is 36.5 Å². The Morgan fingerprint density at radius 3 is 2.57 bits per heavy atom. The Labute approximate surface area is 181 Å². The number of carbonyl (C=O) groups excluding carboxylic acids is 3. The van der Waals surface area contributed by atoms with Crippen molar-refractivity contribution in [1.82, 2.24) is 20.0 Å². The molecule has 162 valence electrons. The predicted molar refractivity (Wildman–Crippen MR) is 114 cm³/mol. The van der Waals surface area contributed by atoms with E-state index in [4.69, 9.17) is 16.3 Å².